The predicted molar refractivity (Wildman–Crippen MR) is 81.3 cm³/mol. The summed E-state index contributed by atoms with van der Waals surface area (Å²) in [5.41, 5.74) is 0. The van der Waals surface area contributed by atoms with Crippen LogP contribution in [0.15, 0.2) is 0 Å². The predicted octanol–water partition coefficient (Wildman–Crippen LogP) is 5.16. The first-order chi connectivity index (χ1) is 8.29. The Morgan fingerprint density at radius 2 is 1.41 bits per heavy atom. The van der Waals surface area contributed by atoms with Crippen LogP contribution in [0, 0.1) is 5.92 Å². The Kier molecular flexibility index (Phi) is 8.54. The molecular formula is C15H30Se2. The second kappa shape index (κ2) is 9.02. The fourth-order valence-electron chi connectivity index (χ4n) is 2.71. The van der Waals surface area contributed by atoms with E-state index in [0.717, 1.165) is 39.0 Å². The average molecular weight is 368 g/mol. The molecule has 17 heavy (non-hydrogen) atoms. The molecule has 0 aromatic rings. The van der Waals surface area contributed by atoms with Crippen LogP contribution < -0.4 is 0 Å². The van der Waals surface area contributed by atoms with Gasteiger partial charge in [-0.25, -0.2) is 0 Å². The first-order valence-corrected chi connectivity index (χ1v) is 12.5. The molecule has 1 saturated carbocycles. The van der Waals surface area contributed by atoms with E-state index >= 15 is 0 Å². The van der Waals surface area contributed by atoms with E-state index in [1.54, 1.807) is 12.8 Å². The van der Waals surface area contributed by atoms with Gasteiger partial charge in [0.1, 0.15) is 0 Å². The van der Waals surface area contributed by atoms with Gasteiger partial charge in [-0.15, -0.1) is 0 Å². The Hall–Kier alpha value is 1.04. The van der Waals surface area contributed by atoms with Gasteiger partial charge in [0, 0.05) is 0 Å². The molecule has 0 aromatic heterocycles. The fourth-order valence-corrected chi connectivity index (χ4v) is 8.32. The maximum absolute atomic E-state index is 2.46. The molecule has 0 aliphatic heterocycles. The molecule has 0 spiro atoms. The first kappa shape index (κ1) is 16.1. The van der Waals surface area contributed by atoms with E-state index in [2.05, 4.69) is 18.6 Å². The third-order valence-corrected chi connectivity index (χ3v) is 12.7. The Morgan fingerprint density at radius 3 is 1.88 bits per heavy atom. The van der Waals surface area contributed by atoms with Gasteiger partial charge in [0.15, 0.2) is 0 Å². The molecule has 0 amide bonds. The van der Waals surface area contributed by atoms with Crippen molar-refractivity contribution in [2.75, 3.05) is 0 Å². The van der Waals surface area contributed by atoms with Gasteiger partial charge in [-0.1, -0.05) is 0 Å². The topological polar surface area (TPSA) is 0 Å². The molecular weight excluding hydrogens is 338 g/mol. The Bertz CT molecular complexity index is 187. The zero-order valence-corrected chi connectivity index (χ0v) is 15.4. The number of hydrogen-bond acceptors (Lipinski definition) is 0. The molecule has 0 aromatic carbocycles. The molecule has 0 nitrogen and oxygen atoms in total. The standard InChI is InChI=1S/C15H30Se2/c1-4-5-6-7-8-9-10-11-12-14-13-15(14,16-2)17-3/h14H,4-13H2,1-3H3. The molecule has 1 unspecified atom stereocenters. The third kappa shape index (κ3) is 5.68. The van der Waals surface area contributed by atoms with Crippen LogP contribution in [0.25, 0.3) is 0 Å². The molecule has 0 saturated heterocycles. The van der Waals surface area contributed by atoms with Crippen molar-refractivity contribution in [2.45, 2.75) is 86.0 Å². The minimum absolute atomic E-state index is 0.918. The van der Waals surface area contributed by atoms with Crippen molar-refractivity contribution < 1.29 is 0 Å². The van der Waals surface area contributed by atoms with E-state index in [9.17, 15) is 0 Å². The summed E-state index contributed by atoms with van der Waals surface area (Å²) in [6.07, 6.45) is 14.9. The van der Waals surface area contributed by atoms with Crippen molar-refractivity contribution in [2.24, 2.45) is 5.92 Å². The van der Waals surface area contributed by atoms with Gasteiger partial charge in [0.05, 0.1) is 0 Å². The van der Waals surface area contributed by atoms with Crippen molar-refractivity contribution >= 4 is 29.9 Å². The van der Waals surface area contributed by atoms with Crippen LogP contribution in [0.2, 0.25) is 14.9 Å². The average Bonchev–Trinajstić information content (AvgIpc) is 3.07. The summed E-state index contributed by atoms with van der Waals surface area (Å²) in [7, 11) is 0. The molecule has 102 valence electrons. The summed E-state index contributed by atoms with van der Waals surface area (Å²) in [6, 6.07) is 0. The maximum atomic E-state index is 2.46. The van der Waals surface area contributed by atoms with Crippen molar-refractivity contribution in [1.82, 2.24) is 0 Å². The van der Waals surface area contributed by atoms with Gasteiger partial charge in [0.2, 0.25) is 0 Å². The Balaban J connectivity index is 1.86. The van der Waals surface area contributed by atoms with E-state index in [-0.39, 0.29) is 0 Å². The molecule has 2 heteroatoms. The van der Waals surface area contributed by atoms with Crippen LogP contribution in [0.4, 0.5) is 0 Å². The summed E-state index contributed by atoms with van der Waals surface area (Å²) < 4.78 is 0.918. The number of unbranched alkanes of at least 4 members (excludes halogenated alkanes) is 7. The molecule has 1 fully saturated rings. The van der Waals surface area contributed by atoms with Gasteiger partial charge < -0.3 is 0 Å². The van der Waals surface area contributed by atoms with Gasteiger partial charge in [-0.2, -0.15) is 0 Å². The zero-order valence-electron chi connectivity index (χ0n) is 12.0. The van der Waals surface area contributed by atoms with E-state index in [1.165, 1.54) is 51.4 Å². The van der Waals surface area contributed by atoms with Gasteiger partial charge >= 0.3 is 122 Å². The summed E-state index contributed by atoms with van der Waals surface area (Å²) in [5, 5.41) is 0. The van der Waals surface area contributed by atoms with E-state index < -0.39 is 0 Å². The second-order valence-electron chi connectivity index (χ2n) is 5.38. The third-order valence-electron chi connectivity index (χ3n) is 4.09. The molecule has 1 aliphatic carbocycles. The molecule has 0 bridgehead atoms. The van der Waals surface area contributed by atoms with Crippen LogP contribution >= 0.6 is 0 Å². The van der Waals surface area contributed by atoms with E-state index in [0.29, 0.717) is 0 Å². The number of rotatable bonds is 11. The quantitative estimate of drug-likeness (QED) is 0.349. The second-order valence-corrected chi connectivity index (χ2v) is 11.5. The molecule has 1 rings (SSSR count). The van der Waals surface area contributed by atoms with Crippen LogP contribution in [0.5, 0.6) is 0 Å². The Labute approximate surface area is 121 Å². The summed E-state index contributed by atoms with van der Waals surface area (Å²) >= 11 is 1.85. The molecule has 1 aliphatic rings. The van der Waals surface area contributed by atoms with Crippen molar-refractivity contribution in [3.63, 3.8) is 0 Å². The van der Waals surface area contributed by atoms with E-state index in [4.69, 9.17) is 0 Å². The summed E-state index contributed by atoms with van der Waals surface area (Å²) in [4.78, 5) is 0. The normalized spacial score (nSPS) is 21.7. The van der Waals surface area contributed by atoms with Crippen LogP contribution in [-0.4, -0.2) is 29.9 Å². The van der Waals surface area contributed by atoms with Crippen LogP contribution in [0.1, 0.15) is 71.1 Å². The Morgan fingerprint density at radius 1 is 0.882 bits per heavy atom. The summed E-state index contributed by atoms with van der Waals surface area (Å²) in [6.45, 7) is 2.30. The molecule has 0 N–H and O–H groups in total. The SMILES string of the molecule is CCCCCCCCCCC1CC1([Se]C)[Se]C. The summed E-state index contributed by atoms with van der Waals surface area (Å²) in [5.74, 6) is 6.08. The minimum atomic E-state index is 0.918. The zero-order chi connectivity index (χ0) is 12.6. The van der Waals surface area contributed by atoms with Crippen molar-refractivity contribution in [3.8, 4) is 0 Å². The van der Waals surface area contributed by atoms with Gasteiger partial charge in [0.25, 0.3) is 0 Å². The fraction of sp³-hybridized carbons (Fsp3) is 1.00. The van der Waals surface area contributed by atoms with Crippen LogP contribution in [-0.2, 0) is 0 Å². The van der Waals surface area contributed by atoms with Crippen LogP contribution in [0.3, 0.4) is 0 Å². The van der Waals surface area contributed by atoms with Gasteiger partial charge in [-0.3, -0.25) is 0 Å². The molecule has 0 radical (unpaired) electrons. The van der Waals surface area contributed by atoms with Gasteiger partial charge in [-0.05, 0) is 0 Å². The monoisotopic (exact) mass is 370 g/mol. The van der Waals surface area contributed by atoms with Crippen molar-refractivity contribution in [1.29, 1.82) is 0 Å². The molecule has 1 atom stereocenters. The molecule has 0 heterocycles. The number of hydrogen-bond donors (Lipinski definition) is 0. The first-order valence-electron chi connectivity index (χ1n) is 7.39. The van der Waals surface area contributed by atoms with E-state index in [1.807, 2.05) is 0 Å². The van der Waals surface area contributed by atoms with Crippen molar-refractivity contribution in [3.05, 3.63) is 0 Å².